The van der Waals surface area contributed by atoms with E-state index < -0.39 is 5.82 Å². The Hall–Kier alpha value is -2.93. The number of nitrogens with one attached hydrogen (secondary N) is 1. The molecule has 0 saturated carbocycles. The minimum atomic E-state index is -0.571. The zero-order valence-electron chi connectivity index (χ0n) is 16.5. The second-order valence-corrected chi connectivity index (χ2v) is 7.09. The highest BCUT2D eigenvalue weighted by molar-refractivity contribution is 5.95. The van der Waals surface area contributed by atoms with E-state index in [9.17, 15) is 14.0 Å². The highest BCUT2D eigenvalue weighted by Gasteiger charge is 2.29. The molecule has 1 heterocycles. The molecular weight excluding hydrogens is 373 g/mol. The van der Waals surface area contributed by atoms with E-state index in [1.165, 1.54) is 12.1 Å². The van der Waals surface area contributed by atoms with Gasteiger partial charge < -0.3 is 20.7 Å². The second-order valence-electron chi connectivity index (χ2n) is 7.09. The zero-order chi connectivity index (χ0) is 20.8. The van der Waals surface area contributed by atoms with E-state index in [2.05, 4.69) is 5.32 Å². The van der Waals surface area contributed by atoms with E-state index in [1.54, 1.807) is 30.2 Å². The fourth-order valence-electron chi connectivity index (χ4n) is 3.54. The first-order chi connectivity index (χ1) is 14.0. The van der Waals surface area contributed by atoms with Crippen LogP contribution in [0.3, 0.4) is 0 Å². The molecule has 2 aromatic carbocycles. The number of hydrogen-bond acceptors (Lipinski definition) is 4. The highest BCUT2D eigenvalue weighted by atomic mass is 19.1. The summed E-state index contributed by atoms with van der Waals surface area (Å²) in [4.78, 5) is 26.6. The molecule has 0 spiro atoms. The molecule has 1 unspecified atom stereocenters. The second kappa shape index (κ2) is 9.52. The van der Waals surface area contributed by atoms with Crippen LogP contribution in [0.5, 0.6) is 5.75 Å². The van der Waals surface area contributed by atoms with Crippen LogP contribution in [0.25, 0.3) is 11.1 Å². The Balaban J connectivity index is 1.72. The summed E-state index contributed by atoms with van der Waals surface area (Å²) in [7, 11) is 1.59. The highest BCUT2D eigenvalue weighted by Crippen LogP contribution is 2.26. The Morgan fingerprint density at radius 2 is 1.93 bits per heavy atom. The Bertz CT molecular complexity index is 870. The van der Waals surface area contributed by atoms with E-state index in [4.69, 9.17) is 10.5 Å². The number of hydrogen-bond donors (Lipinski definition) is 2. The number of benzene rings is 2. The molecule has 3 N–H and O–H groups in total. The first-order valence-electron chi connectivity index (χ1n) is 9.74. The van der Waals surface area contributed by atoms with Crippen molar-refractivity contribution in [3.8, 4) is 16.9 Å². The molecule has 1 aliphatic heterocycles. The maximum atomic E-state index is 14.7. The maximum Gasteiger partial charge on any atom is 0.256 e. The lowest BCUT2D eigenvalue weighted by molar-refractivity contribution is -0.126. The number of methoxy groups -OCH3 is 1. The van der Waals surface area contributed by atoms with Crippen LogP contribution in [0.1, 0.15) is 23.2 Å². The summed E-state index contributed by atoms with van der Waals surface area (Å²) in [6.07, 6.45) is 1.41. The van der Waals surface area contributed by atoms with Crippen LogP contribution in [0, 0.1) is 11.7 Å². The average Bonchev–Trinajstić information content (AvgIpc) is 2.77. The van der Waals surface area contributed by atoms with Crippen molar-refractivity contribution in [2.45, 2.75) is 12.8 Å². The standard InChI is InChI=1S/C22H26FN3O3/c1-29-18-7-4-15(5-8-18)16-6-9-19(20(23)13-16)22(28)26-12-2-3-17(14-26)21(27)25-11-10-24/h4-9,13,17H,2-3,10-12,14,24H2,1H3,(H,25,27). The largest absolute Gasteiger partial charge is 0.497 e. The van der Waals surface area contributed by atoms with Crippen molar-refractivity contribution in [2.24, 2.45) is 11.7 Å². The van der Waals surface area contributed by atoms with Gasteiger partial charge in [0.25, 0.3) is 5.91 Å². The predicted octanol–water partition coefficient (Wildman–Crippen LogP) is 2.43. The molecule has 1 fully saturated rings. The predicted molar refractivity (Wildman–Crippen MR) is 109 cm³/mol. The van der Waals surface area contributed by atoms with Crippen molar-refractivity contribution < 1.29 is 18.7 Å². The number of nitrogens with zero attached hydrogens (tertiary/aromatic N) is 1. The average molecular weight is 399 g/mol. The van der Waals surface area contributed by atoms with E-state index in [-0.39, 0.29) is 29.8 Å². The molecule has 0 radical (unpaired) electrons. The van der Waals surface area contributed by atoms with Crippen molar-refractivity contribution in [1.82, 2.24) is 10.2 Å². The molecule has 0 aromatic heterocycles. The molecule has 2 aromatic rings. The van der Waals surface area contributed by atoms with Gasteiger partial charge in [0.2, 0.25) is 5.91 Å². The van der Waals surface area contributed by atoms with Crippen LogP contribution < -0.4 is 15.8 Å². The van der Waals surface area contributed by atoms with E-state index in [1.807, 2.05) is 12.1 Å². The number of ether oxygens (including phenoxy) is 1. The van der Waals surface area contributed by atoms with Gasteiger partial charge in [0.15, 0.2) is 0 Å². The Labute approximate surface area is 169 Å². The van der Waals surface area contributed by atoms with Gasteiger partial charge in [-0.3, -0.25) is 9.59 Å². The van der Waals surface area contributed by atoms with Gasteiger partial charge in [0.1, 0.15) is 11.6 Å². The first-order valence-corrected chi connectivity index (χ1v) is 9.74. The van der Waals surface area contributed by atoms with Crippen LogP contribution in [-0.2, 0) is 4.79 Å². The van der Waals surface area contributed by atoms with Gasteiger partial charge in [-0.2, -0.15) is 0 Å². The third kappa shape index (κ3) is 4.92. The summed E-state index contributed by atoms with van der Waals surface area (Å²) in [6, 6.07) is 11.9. The number of likely N-dealkylation sites (tertiary alicyclic amines) is 1. The van der Waals surface area contributed by atoms with Crippen LogP contribution in [-0.4, -0.2) is 50.0 Å². The molecular formula is C22H26FN3O3. The van der Waals surface area contributed by atoms with Gasteiger partial charge in [-0.15, -0.1) is 0 Å². The van der Waals surface area contributed by atoms with Gasteiger partial charge in [-0.05, 0) is 48.2 Å². The summed E-state index contributed by atoms with van der Waals surface area (Å²) < 4.78 is 19.9. The van der Waals surface area contributed by atoms with Crippen molar-refractivity contribution in [1.29, 1.82) is 0 Å². The molecule has 154 valence electrons. The number of carbonyl (C=O) groups is 2. The fraction of sp³-hybridized carbons (Fsp3) is 0.364. The molecule has 7 heteroatoms. The van der Waals surface area contributed by atoms with E-state index in [0.717, 1.165) is 11.3 Å². The maximum absolute atomic E-state index is 14.7. The normalized spacial score (nSPS) is 16.4. The summed E-state index contributed by atoms with van der Waals surface area (Å²) in [5.74, 6) is -0.640. The summed E-state index contributed by atoms with van der Waals surface area (Å²) in [5, 5.41) is 2.76. The van der Waals surface area contributed by atoms with E-state index >= 15 is 0 Å². The lowest BCUT2D eigenvalue weighted by atomic mass is 9.96. The van der Waals surface area contributed by atoms with Crippen molar-refractivity contribution in [3.63, 3.8) is 0 Å². The van der Waals surface area contributed by atoms with Crippen LogP contribution in [0.15, 0.2) is 42.5 Å². The summed E-state index contributed by atoms with van der Waals surface area (Å²) in [5.41, 5.74) is 6.95. The Kier molecular flexibility index (Phi) is 6.82. The molecule has 29 heavy (non-hydrogen) atoms. The lowest BCUT2D eigenvalue weighted by Gasteiger charge is -2.32. The monoisotopic (exact) mass is 399 g/mol. The van der Waals surface area contributed by atoms with Crippen LogP contribution in [0.4, 0.5) is 4.39 Å². The molecule has 2 amide bonds. The summed E-state index contributed by atoms with van der Waals surface area (Å²) in [6.45, 7) is 1.58. The molecule has 6 nitrogen and oxygen atoms in total. The molecule has 1 saturated heterocycles. The van der Waals surface area contributed by atoms with Crippen molar-refractivity contribution in [2.75, 3.05) is 33.3 Å². The third-order valence-electron chi connectivity index (χ3n) is 5.15. The summed E-state index contributed by atoms with van der Waals surface area (Å²) >= 11 is 0. The topological polar surface area (TPSA) is 84.7 Å². The number of halogens is 1. The molecule has 0 aliphatic carbocycles. The number of nitrogens with two attached hydrogens (primary N) is 1. The van der Waals surface area contributed by atoms with Crippen LogP contribution >= 0.6 is 0 Å². The van der Waals surface area contributed by atoms with Crippen molar-refractivity contribution in [3.05, 3.63) is 53.8 Å². The smallest absolute Gasteiger partial charge is 0.256 e. The van der Waals surface area contributed by atoms with Crippen molar-refractivity contribution >= 4 is 11.8 Å². The molecule has 1 aliphatic rings. The lowest BCUT2D eigenvalue weighted by Crippen LogP contribution is -2.46. The van der Waals surface area contributed by atoms with Gasteiger partial charge in [-0.25, -0.2) is 4.39 Å². The number of piperidine rings is 1. The third-order valence-corrected chi connectivity index (χ3v) is 5.15. The van der Waals surface area contributed by atoms with Gasteiger partial charge in [0.05, 0.1) is 18.6 Å². The number of amides is 2. The minimum absolute atomic E-state index is 0.0188. The van der Waals surface area contributed by atoms with E-state index in [0.29, 0.717) is 38.0 Å². The Morgan fingerprint density at radius 1 is 1.21 bits per heavy atom. The van der Waals surface area contributed by atoms with Crippen LogP contribution in [0.2, 0.25) is 0 Å². The van der Waals surface area contributed by atoms with Gasteiger partial charge in [0, 0.05) is 26.2 Å². The first kappa shape index (κ1) is 20.8. The Morgan fingerprint density at radius 3 is 2.59 bits per heavy atom. The molecule has 0 bridgehead atoms. The number of carbonyl (C=O) groups excluding carboxylic acids is 2. The zero-order valence-corrected chi connectivity index (χ0v) is 16.5. The SMILES string of the molecule is COc1ccc(-c2ccc(C(=O)N3CCCC(C(=O)NCCN)C3)c(F)c2)cc1. The fourth-order valence-corrected chi connectivity index (χ4v) is 3.54. The molecule has 1 atom stereocenters. The number of rotatable bonds is 6. The van der Waals surface area contributed by atoms with Gasteiger partial charge >= 0.3 is 0 Å². The minimum Gasteiger partial charge on any atom is -0.497 e. The quantitative estimate of drug-likeness (QED) is 0.781. The van der Waals surface area contributed by atoms with Gasteiger partial charge in [-0.1, -0.05) is 18.2 Å². The molecule has 3 rings (SSSR count).